The maximum atomic E-state index is 13.9. The van der Waals surface area contributed by atoms with E-state index in [1.54, 1.807) is 13.0 Å². The number of piperidine rings is 1. The van der Waals surface area contributed by atoms with Gasteiger partial charge in [0.2, 0.25) is 0 Å². The topological polar surface area (TPSA) is 70.1 Å². The molecule has 0 spiro atoms. The smallest absolute Gasteiger partial charge is 0.489 e. The molecule has 0 N–H and O–H groups in total. The summed E-state index contributed by atoms with van der Waals surface area (Å²) in [6, 6.07) is 8.47. The summed E-state index contributed by atoms with van der Waals surface area (Å²) in [6.07, 6.45) is -5.48. The number of amides is 1. The molecule has 178 valence electrons. The summed E-state index contributed by atoms with van der Waals surface area (Å²) in [7, 11) is 0. The Bertz CT molecular complexity index is 1100. The summed E-state index contributed by atoms with van der Waals surface area (Å²) >= 11 is 0. The van der Waals surface area contributed by atoms with E-state index in [2.05, 4.69) is 9.72 Å². The van der Waals surface area contributed by atoms with E-state index in [4.69, 9.17) is 17.0 Å². The van der Waals surface area contributed by atoms with E-state index < -0.39 is 43.1 Å². The highest BCUT2D eigenvalue weighted by Crippen LogP contribution is 2.42. The van der Waals surface area contributed by atoms with E-state index in [1.807, 2.05) is 0 Å². The minimum atomic E-state index is -4.75. The van der Waals surface area contributed by atoms with Crippen LogP contribution in [0.15, 0.2) is 36.4 Å². The fraction of sp³-hybridized carbons (Fsp3) is 0.455. The van der Waals surface area contributed by atoms with Crippen molar-refractivity contribution in [2.24, 2.45) is 0 Å². The van der Waals surface area contributed by atoms with Crippen molar-refractivity contribution in [1.29, 1.82) is 0 Å². The molecule has 0 bridgehead atoms. The lowest BCUT2D eigenvalue weighted by Gasteiger charge is -2.41. The predicted octanol–water partition coefficient (Wildman–Crippen LogP) is 3.56. The van der Waals surface area contributed by atoms with Crippen molar-refractivity contribution in [3.8, 4) is 5.75 Å². The van der Waals surface area contributed by atoms with Crippen molar-refractivity contribution < 1.29 is 44.0 Å². The van der Waals surface area contributed by atoms with Gasteiger partial charge in [-0.15, -0.1) is 13.2 Å². The van der Waals surface area contributed by atoms with Crippen LogP contribution in [0, 0.1) is 12.7 Å². The minimum absolute atomic E-state index is 0.0252. The Balaban J connectivity index is 1.45. The number of nitrogens with zero attached hydrogens (tertiary/aromatic N) is 2. The first kappa shape index (κ1) is 20.8. The first-order valence-corrected chi connectivity index (χ1v) is 10.1. The van der Waals surface area contributed by atoms with Crippen molar-refractivity contribution in [1.82, 2.24) is 9.88 Å². The van der Waals surface area contributed by atoms with Crippen LogP contribution >= 0.6 is 0 Å². The average molecular weight is 472 g/mol. The Labute approximate surface area is 190 Å². The molecular weight excluding hydrogens is 448 g/mol. The van der Waals surface area contributed by atoms with Gasteiger partial charge >= 0.3 is 6.36 Å². The molecule has 0 aliphatic carbocycles. The van der Waals surface area contributed by atoms with Crippen LogP contribution in [0.4, 0.5) is 17.6 Å². The van der Waals surface area contributed by atoms with Crippen molar-refractivity contribution in [2.45, 2.75) is 31.4 Å². The molecule has 1 aromatic heterocycles. The monoisotopic (exact) mass is 472 g/mol. The fourth-order valence-corrected chi connectivity index (χ4v) is 3.92. The number of rotatable bonds is 6. The second-order valence-electron chi connectivity index (χ2n) is 7.62. The SMILES string of the molecule is [2H]C1([2H])O[C@@H]2CN(C(=O)c3ccc(OCCOC(F)(F)F)c(C)n3)CC[C@]2(c2cccc(F)c2)O1. The van der Waals surface area contributed by atoms with Gasteiger partial charge in [-0.05, 0) is 36.8 Å². The van der Waals surface area contributed by atoms with E-state index in [-0.39, 0.29) is 37.6 Å². The molecule has 2 atom stereocenters. The number of carbonyl (C=O) groups excluding carboxylic acids is 1. The number of ether oxygens (including phenoxy) is 4. The third-order valence-electron chi connectivity index (χ3n) is 5.54. The van der Waals surface area contributed by atoms with Crippen LogP contribution in [-0.4, -0.2) is 61.3 Å². The molecule has 4 rings (SSSR count). The summed E-state index contributed by atoms with van der Waals surface area (Å²) in [6.45, 7) is -1.78. The zero-order valence-electron chi connectivity index (χ0n) is 19.5. The lowest BCUT2D eigenvalue weighted by atomic mass is 9.82. The maximum absolute atomic E-state index is 13.9. The number of fused-ring (bicyclic) bond motifs is 1. The Kier molecular flexibility index (Phi) is 5.83. The predicted molar refractivity (Wildman–Crippen MR) is 106 cm³/mol. The number of hydrogen-bond donors (Lipinski definition) is 0. The number of hydrogen-bond acceptors (Lipinski definition) is 6. The Morgan fingerprint density at radius 3 is 2.88 bits per heavy atom. The summed E-state index contributed by atoms with van der Waals surface area (Å²) in [4.78, 5) is 18.7. The molecule has 33 heavy (non-hydrogen) atoms. The highest BCUT2D eigenvalue weighted by Gasteiger charge is 2.51. The molecule has 0 saturated carbocycles. The van der Waals surface area contributed by atoms with Crippen LogP contribution in [0.5, 0.6) is 5.75 Å². The second kappa shape index (κ2) is 9.24. The van der Waals surface area contributed by atoms with Gasteiger partial charge in [-0.1, -0.05) is 12.1 Å². The largest absolute Gasteiger partial charge is 0.522 e. The second-order valence-corrected chi connectivity index (χ2v) is 7.62. The Morgan fingerprint density at radius 1 is 1.33 bits per heavy atom. The number of aromatic nitrogens is 1. The van der Waals surface area contributed by atoms with Crippen molar-refractivity contribution in [3.05, 3.63) is 59.2 Å². The molecule has 0 radical (unpaired) electrons. The normalized spacial score (nSPS) is 25.2. The number of likely N-dealkylation sites (tertiary alicyclic amines) is 1. The molecule has 1 aromatic carbocycles. The average Bonchev–Trinajstić information content (AvgIpc) is 3.06. The number of alkyl halides is 3. The van der Waals surface area contributed by atoms with E-state index >= 15 is 0 Å². The van der Waals surface area contributed by atoms with Gasteiger partial charge in [-0.2, -0.15) is 0 Å². The first-order chi connectivity index (χ1) is 16.4. The Hall–Kier alpha value is -2.76. The van der Waals surface area contributed by atoms with Gasteiger partial charge in [0.05, 0.1) is 21.6 Å². The van der Waals surface area contributed by atoms with Crippen LogP contribution < -0.4 is 4.74 Å². The number of benzene rings is 1. The molecule has 2 saturated heterocycles. The van der Waals surface area contributed by atoms with Crippen LogP contribution in [0.25, 0.3) is 0 Å². The van der Waals surface area contributed by atoms with Gasteiger partial charge < -0.3 is 19.1 Å². The third-order valence-corrected chi connectivity index (χ3v) is 5.54. The van der Waals surface area contributed by atoms with Crippen molar-refractivity contribution in [2.75, 3.05) is 33.0 Å². The maximum Gasteiger partial charge on any atom is 0.522 e. The molecule has 2 aromatic rings. The lowest BCUT2D eigenvalue weighted by molar-refractivity contribution is -0.325. The van der Waals surface area contributed by atoms with E-state index in [0.29, 0.717) is 11.3 Å². The van der Waals surface area contributed by atoms with Crippen LogP contribution in [0.2, 0.25) is 0 Å². The zero-order chi connectivity index (χ0) is 25.4. The quantitative estimate of drug-likeness (QED) is 0.473. The van der Waals surface area contributed by atoms with E-state index in [1.165, 1.54) is 35.2 Å². The number of halogens is 4. The molecule has 3 heterocycles. The summed E-state index contributed by atoms with van der Waals surface area (Å²) in [5.41, 5.74) is -0.477. The standard InChI is InChI=1S/C22H22F4N2O5/c1-14-18(30-9-10-32-22(24,25)26)6-5-17(27-14)20(29)28-8-7-21(19(12-28)31-13-33-21)15-3-2-4-16(23)11-15/h2-6,11,19H,7-10,12-13H2,1H3/t19-,21-/m1/s1/i13D2. The molecule has 7 nitrogen and oxygen atoms in total. The van der Waals surface area contributed by atoms with Gasteiger partial charge in [0.1, 0.15) is 42.3 Å². The van der Waals surface area contributed by atoms with Gasteiger partial charge in [0, 0.05) is 13.0 Å². The molecule has 2 fully saturated rings. The third kappa shape index (κ3) is 5.10. The van der Waals surface area contributed by atoms with Gasteiger partial charge in [0.25, 0.3) is 5.91 Å². The molecule has 11 heteroatoms. The Morgan fingerprint density at radius 2 is 2.15 bits per heavy atom. The van der Waals surface area contributed by atoms with Crippen molar-refractivity contribution in [3.63, 3.8) is 0 Å². The minimum Gasteiger partial charge on any atom is -0.489 e. The lowest BCUT2D eigenvalue weighted by Crippen LogP contribution is -2.53. The summed E-state index contributed by atoms with van der Waals surface area (Å²) in [5.74, 6) is -0.752. The van der Waals surface area contributed by atoms with E-state index in [0.717, 1.165) is 0 Å². The van der Waals surface area contributed by atoms with Gasteiger partial charge in [-0.3, -0.25) is 9.53 Å². The highest BCUT2D eigenvalue weighted by molar-refractivity contribution is 5.92. The molecule has 2 aliphatic rings. The molecule has 0 unspecified atom stereocenters. The van der Waals surface area contributed by atoms with Crippen LogP contribution in [0.3, 0.4) is 0 Å². The molecule has 1 amide bonds. The van der Waals surface area contributed by atoms with Gasteiger partial charge in [0.15, 0.2) is 0 Å². The number of aryl methyl sites for hydroxylation is 1. The number of pyridine rings is 1. The number of carbonyl (C=O) groups is 1. The molecule has 2 aliphatic heterocycles. The first-order valence-electron chi connectivity index (χ1n) is 11.1. The van der Waals surface area contributed by atoms with Gasteiger partial charge in [-0.25, -0.2) is 9.37 Å². The molecular formula is C22H22F4N2O5. The highest BCUT2D eigenvalue weighted by atomic mass is 19.4. The summed E-state index contributed by atoms with van der Waals surface area (Å²) < 4.78 is 85.9. The van der Waals surface area contributed by atoms with Crippen molar-refractivity contribution >= 4 is 5.91 Å². The zero-order valence-corrected chi connectivity index (χ0v) is 17.5. The van der Waals surface area contributed by atoms with E-state index in [9.17, 15) is 22.4 Å². The summed E-state index contributed by atoms with van der Waals surface area (Å²) in [5, 5.41) is 0. The fourth-order valence-electron chi connectivity index (χ4n) is 3.92. The van der Waals surface area contributed by atoms with Crippen LogP contribution in [0.1, 0.15) is 30.9 Å². The van der Waals surface area contributed by atoms with Crippen LogP contribution in [-0.2, 0) is 19.8 Å².